The van der Waals surface area contributed by atoms with Crippen LogP contribution in [0, 0.1) is 0 Å². The lowest BCUT2D eigenvalue weighted by molar-refractivity contribution is -0.129. The molecule has 1 saturated heterocycles. The number of carbonyl (C=O) groups is 3. The van der Waals surface area contributed by atoms with E-state index in [1.807, 2.05) is 12.1 Å². The van der Waals surface area contributed by atoms with Crippen LogP contribution in [0.2, 0.25) is 0 Å². The molecule has 2 aromatic rings. The second-order valence-electron chi connectivity index (χ2n) is 7.81. The molecule has 4 bridgehead atoms. The number of likely N-dealkylation sites (tertiary alicyclic amines) is 1. The van der Waals surface area contributed by atoms with E-state index in [0.29, 0.717) is 30.2 Å². The normalized spacial score (nSPS) is 20.6. The first-order valence-corrected chi connectivity index (χ1v) is 10.6. The number of hydrogen-bond acceptors (Lipinski definition) is 7. The van der Waals surface area contributed by atoms with E-state index in [9.17, 15) is 14.4 Å². The van der Waals surface area contributed by atoms with Gasteiger partial charge in [0.1, 0.15) is 11.9 Å². The number of nitrogens with zero attached hydrogens (tertiary/aromatic N) is 1. The Balaban J connectivity index is 1.65. The monoisotopic (exact) mass is 454 g/mol. The largest absolute Gasteiger partial charge is 0.493 e. The van der Waals surface area contributed by atoms with E-state index < -0.39 is 12.1 Å². The number of nitrogens with two attached hydrogens (primary N) is 1. The Labute approximate surface area is 191 Å². The van der Waals surface area contributed by atoms with E-state index in [1.165, 1.54) is 13.2 Å². The fraction of sp³-hybridized carbons (Fsp3) is 0.348. The standard InChI is InChI=1S/C23H26N4O6/c1-31-18-7-4-15-8-19(18)32-13-21(28)25-10-14-2-5-16(6-3-14)33-20-12-27(22(29)9-24)11-17(20)26-23(15)30/h2-8,17,20H,9-13,24H2,1H3,(H,25,28)(H,26,30)/t17-,20-/m0/s1. The quantitative estimate of drug-likeness (QED) is 0.584. The minimum atomic E-state index is -0.459. The van der Waals surface area contributed by atoms with Crippen LogP contribution >= 0.6 is 0 Å². The zero-order chi connectivity index (χ0) is 23.4. The summed E-state index contributed by atoms with van der Waals surface area (Å²) >= 11 is 0. The molecule has 10 heteroatoms. The number of rotatable bonds is 2. The predicted octanol–water partition coefficient (Wildman–Crippen LogP) is 0.0507. The smallest absolute Gasteiger partial charge is 0.258 e. The van der Waals surface area contributed by atoms with Gasteiger partial charge < -0.3 is 35.5 Å². The summed E-state index contributed by atoms with van der Waals surface area (Å²) in [5.74, 6) is 0.370. The van der Waals surface area contributed by atoms with Crippen LogP contribution in [-0.2, 0) is 16.1 Å². The fourth-order valence-corrected chi connectivity index (χ4v) is 3.80. The molecule has 0 aromatic heterocycles. The zero-order valence-electron chi connectivity index (χ0n) is 18.2. The predicted molar refractivity (Wildman–Crippen MR) is 118 cm³/mol. The first-order chi connectivity index (χ1) is 16.0. The summed E-state index contributed by atoms with van der Waals surface area (Å²) in [5, 5.41) is 5.74. The molecule has 3 heterocycles. The van der Waals surface area contributed by atoms with Crippen molar-refractivity contribution in [2.24, 2.45) is 5.73 Å². The molecule has 5 rings (SSSR count). The van der Waals surface area contributed by atoms with Gasteiger partial charge in [0.05, 0.1) is 26.2 Å². The maximum atomic E-state index is 13.0. The van der Waals surface area contributed by atoms with E-state index in [1.54, 1.807) is 29.2 Å². The third-order valence-electron chi connectivity index (χ3n) is 5.60. The van der Waals surface area contributed by atoms with E-state index in [4.69, 9.17) is 19.9 Å². The maximum absolute atomic E-state index is 13.0. The molecule has 2 atom stereocenters. The van der Waals surface area contributed by atoms with Crippen molar-refractivity contribution in [1.29, 1.82) is 0 Å². The summed E-state index contributed by atoms with van der Waals surface area (Å²) < 4.78 is 17.0. The van der Waals surface area contributed by atoms with Gasteiger partial charge in [-0.15, -0.1) is 0 Å². The van der Waals surface area contributed by atoms with Crippen molar-refractivity contribution >= 4 is 17.7 Å². The number of amides is 3. The molecule has 2 aromatic carbocycles. The molecular formula is C23H26N4O6. The Morgan fingerprint density at radius 1 is 1.18 bits per heavy atom. The number of benzene rings is 2. The molecule has 0 unspecified atom stereocenters. The van der Waals surface area contributed by atoms with Crippen molar-refractivity contribution in [2.45, 2.75) is 18.7 Å². The average Bonchev–Trinajstić information content (AvgIpc) is 3.22. The number of methoxy groups -OCH3 is 1. The lowest BCUT2D eigenvalue weighted by Crippen LogP contribution is -2.45. The molecule has 33 heavy (non-hydrogen) atoms. The molecule has 0 spiro atoms. The highest BCUT2D eigenvalue weighted by Gasteiger charge is 2.37. The van der Waals surface area contributed by atoms with Crippen LogP contribution in [-0.4, -0.2) is 68.1 Å². The Hall–Kier alpha value is -3.79. The summed E-state index contributed by atoms with van der Waals surface area (Å²) in [6, 6.07) is 11.5. The zero-order valence-corrected chi connectivity index (χ0v) is 18.2. The molecule has 10 nitrogen and oxygen atoms in total. The number of hydrogen-bond donors (Lipinski definition) is 3. The van der Waals surface area contributed by atoms with Crippen LogP contribution in [0.15, 0.2) is 42.5 Å². The molecule has 3 amide bonds. The highest BCUT2D eigenvalue weighted by molar-refractivity contribution is 5.95. The SMILES string of the molecule is COc1ccc2cc1OCC(=O)NCc1ccc(cc1)O[C@H]1CN(C(=O)CN)C[C@@H]1NC2=O. The Morgan fingerprint density at radius 3 is 2.70 bits per heavy atom. The van der Waals surface area contributed by atoms with Gasteiger partial charge in [-0.3, -0.25) is 14.4 Å². The third-order valence-corrected chi connectivity index (χ3v) is 5.60. The van der Waals surface area contributed by atoms with Crippen LogP contribution in [0.3, 0.4) is 0 Å². The molecule has 1 fully saturated rings. The van der Waals surface area contributed by atoms with Gasteiger partial charge in [-0.25, -0.2) is 0 Å². The van der Waals surface area contributed by atoms with Crippen LogP contribution in [0.4, 0.5) is 0 Å². The highest BCUT2D eigenvalue weighted by Crippen LogP contribution is 2.28. The summed E-state index contributed by atoms with van der Waals surface area (Å²) in [4.78, 5) is 39.0. The lowest BCUT2D eigenvalue weighted by Gasteiger charge is -2.21. The molecular weight excluding hydrogens is 428 g/mol. The molecule has 3 aliphatic rings. The van der Waals surface area contributed by atoms with Crippen LogP contribution < -0.4 is 30.6 Å². The molecule has 4 N–H and O–H groups in total. The molecule has 0 radical (unpaired) electrons. The summed E-state index contributed by atoms with van der Waals surface area (Å²) in [7, 11) is 1.48. The third kappa shape index (κ3) is 5.17. The van der Waals surface area contributed by atoms with Crippen molar-refractivity contribution < 1.29 is 28.6 Å². The van der Waals surface area contributed by atoms with E-state index in [2.05, 4.69) is 10.6 Å². The first-order valence-electron chi connectivity index (χ1n) is 10.6. The second-order valence-corrected chi connectivity index (χ2v) is 7.81. The van der Waals surface area contributed by atoms with Crippen LogP contribution in [0.1, 0.15) is 15.9 Å². The van der Waals surface area contributed by atoms with Crippen molar-refractivity contribution in [3.63, 3.8) is 0 Å². The van der Waals surface area contributed by atoms with Crippen molar-refractivity contribution in [1.82, 2.24) is 15.5 Å². The highest BCUT2D eigenvalue weighted by atomic mass is 16.5. The molecule has 174 valence electrons. The molecule has 0 aliphatic carbocycles. The van der Waals surface area contributed by atoms with Crippen molar-refractivity contribution in [3.8, 4) is 17.2 Å². The number of carbonyl (C=O) groups excluding carboxylic acids is 3. The summed E-state index contributed by atoms with van der Waals surface area (Å²) in [5.41, 5.74) is 6.74. The minimum absolute atomic E-state index is 0.118. The van der Waals surface area contributed by atoms with Gasteiger partial charge in [0.2, 0.25) is 5.91 Å². The van der Waals surface area contributed by atoms with E-state index in [-0.39, 0.29) is 43.2 Å². The Bertz CT molecular complexity index is 1040. The summed E-state index contributed by atoms with van der Waals surface area (Å²) in [6.45, 7) is 0.555. The van der Waals surface area contributed by atoms with Gasteiger partial charge in [-0.05, 0) is 35.9 Å². The topological polar surface area (TPSA) is 132 Å². The van der Waals surface area contributed by atoms with E-state index in [0.717, 1.165) is 5.56 Å². The Morgan fingerprint density at radius 2 is 1.97 bits per heavy atom. The summed E-state index contributed by atoms with van der Waals surface area (Å²) in [6.07, 6.45) is -0.459. The van der Waals surface area contributed by atoms with Crippen molar-refractivity contribution in [3.05, 3.63) is 53.6 Å². The Kier molecular flexibility index (Phi) is 6.64. The number of ether oxygens (including phenoxy) is 3. The van der Waals surface area contributed by atoms with E-state index >= 15 is 0 Å². The average molecular weight is 454 g/mol. The number of nitrogens with one attached hydrogen (secondary N) is 2. The van der Waals surface area contributed by atoms with Crippen LogP contribution in [0.25, 0.3) is 0 Å². The maximum Gasteiger partial charge on any atom is 0.258 e. The first kappa shape index (κ1) is 22.4. The number of fused-ring (bicyclic) bond motifs is 7. The van der Waals surface area contributed by atoms with Gasteiger partial charge in [-0.2, -0.15) is 0 Å². The van der Waals surface area contributed by atoms with Gasteiger partial charge in [0.15, 0.2) is 18.1 Å². The van der Waals surface area contributed by atoms with Gasteiger partial charge in [0.25, 0.3) is 11.8 Å². The molecule has 3 aliphatic heterocycles. The minimum Gasteiger partial charge on any atom is -0.493 e. The van der Waals surface area contributed by atoms with Gasteiger partial charge in [0, 0.05) is 18.7 Å². The van der Waals surface area contributed by atoms with Crippen molar-refractivity contribution in [2.75, 3.05) is 33.4 Å². The van der Waals surface area contributed by atoms with Gasteiger partial charge >= 0.3 is 0 Å². The second kappa shape index (κ2) is 9.78. The fourth-order valence-electron chi connectivity index (χ4n) is 3.80. The molecule has 0 saturated carbocycles. The van der Waals surface area contributed by atoms with Gasteiger partial charge in [-0.1, -0.05) is 12.1 Å². The van der Waals surface area contributed by atoms with Crippen LogP contribution in [0.5, 0.6) is 17.2 Å². The lowest BCUT2D eigenvalue weighted by atomic mass is 10.1.